The molecule has 3 aromatic rings. The maximum atomic E-state index is 4.45. The van der Waals surface area contributed by atoms with Crippen molar-refractivity contribution in [3.8, 4) is 10.7 Å². The Labute approximate surface area is 99.1 Å². The second kappa shape index (κ2) is 3.56. The van der Waals surface area contributed by atoms with Gasteiger partial charge in [0.05, 0.1) is 0 Å². The molecule has 3 rings (SSSR count). The summed E-state index contributed by atoms with van der Waals surface area (Å²) in [5.74, 6) is 1.18. The number of nitrogens with zero attached hydrogens (tertiary/aromatic N) is 6. The molecule has 0 saturated carbocycles. The molecule has 0 aliphatic heterocycles. The summed E-state index contributed by atoms with van der Waals surface area (Å²) in [6.45, 7) is 4.14. The molecular weight excluding hydrogens is 244 g/mol. The SMILES string of the molecule is CC(C)c1nnc2sc(-c3csnn3)nn12. The van der Waals surface area contributed by atoms with E-state index in [2.05, 4.69) is 38.7 Å². The van der Waals surface area contributed by atoms with Gasteiger partial charge in [0.15, 0.2) is 10.8 Å². The average molecular weight is 252 g/mol. The zero-order valence-corrected chi connectivity index (χ0v) is 10.3. The van der Waals surface area contributed by atoms with E-state index in [0.717, 1.165) is 21.5 Å². The van der Waals surface area contributed by atoms with Crippen LogP contribution in [0.5, 0.6) is 0 Å². The molecule has 0 aliphatic carbocycles. The number of fused-ring (bicyclic) bond motifs is 1. The highest BCUT2D eigenvalue weighted by atomic mass is 32.1. The van der Waals surface area contributed by atoms with Crippen LogP contribution < -0.4 is 0 Å². The van der Waals surface area contributed by atoms with Crippen molar-refractivity contribution in [2.24, 2.45) is 0 Å². The number of hydrogen-bond acceptors (Lipinski definition) is 7. The van der Waals surface area contributed by atoms with Gasteiger partial charge in [0.2, 0.25) is 4.96 Å². The minimum absolute atomic E-state index is 0.304. The van der Waals surface area contributed by atoms with Gasteiger partial charge in [-0.3, -0.25) is 0 Å². The Hall–Kier alpha value is -1.41. The quantitative estimate of drug-likeness (QED) is 0.696. The standard InChI is InChI=1S/C8H8N6S2/c1-4(2)6-10-11-8-14(6)12-7(16-8)5-3-15-13-9-5/h3-4H,1-2H3. The molecule has 0 radical (unpaired) electrons. The molecule has 0 unspecified atom stereocenters. The maximum Gasteiger partial charge on any atom is 0.235 e. The molecule has 0 saturated heterocycles. The van der Waals surface area contributed by atoms with Gasteiger partial charge in [-0.05, 0) is 11.5 Å². The van der Waals surface area contributed by atoms with Crippen LogP contribution in [0.4, 0.5) is 0 Å². The highest BCUT2D eigenvalue weighted by Crippen LogP contribution is 2.25. The van der Waals surface area contributed by atoms with Crippen LogP contribution in [0.1, 0.15) is 25.6 Å². The Balaban J connectivity index is 2.17. The van der Waals surface area contributed by atoms with Crippen LogP contribution in [0.25, 0.3) is 15.7 Å². The third-order valence-electron chi connectivity index (χ3n) is 2.11. The van der Waals surface area contributed by atoms with E-state index in [9.17, 15) is 0 Å². The zero-order chi connectivity index (χ0) is 11.1. The van der Waals surface area contributed by atoms with Gasteiger partial charge in [-0.25, -0.2) is 0 Å². The highest BCUT2D eigenvalue weighted by molar-refractivity contribution is 7.20. The monoisotopic (exact) mass is 252 g/mol. The van der Waals surface area contributed by atoms with Crippen molar-refractivity contribution in [1.82, 2.24) is 29.4 Å². The molecule has 3 aromatic heterocycles. The molecule has 0 N–H and O–H groups in total. The first-order valence-electron chi connectivity index (χ1n) is 4.75. The van der Waals surface area contributed by atoms with Crippen molar-refractivity contribution in [2.45, 2.75) is 19.8 Å². The second-order valence-electron chi connectivity index (χ2n) is 3.60. The molecule has 0 spiro atoms. The minimum Gasteiger partial charge on any atom is -0.187 e. The Morgan fingerprint density at radius 2 is 2.12 bits per heavy atom. The number of rotatable bonds is 2. The topological polar surface area (TPSA) is 68.9 Å². The fourth-order valence-corrected chi connectivity index (χ4v) is 2.67. The molecule has 0 atom stereocenters. The summed E-state index contributed by atoms with van der Waals surface area (Å²) in [6, 6.07) is 0. The Morgan fingerprint density at radius 3 is 2.81 bits per heavy atom. The van der Waals surface area contributed by atoms with E-state index >= 15 is 0 Å². The van der Waals surface area contributed by atoms with Gasteiger partial charge in [-0.15, -0.1) is 15.3 Å². The molecule has 82 valence electrons. The molecule has 0 fully saturated rings. The summed E-state index contributed by atoms with van der Waals surface area (Å²) in [5.41, 5.74) is 0.801. The Morgan fingerprint density at radius 1 is 1.25 bits per heavy atom. The van der Waals surface area contributed by atoms with Crippen LogP contribution in [-0.4, -0.2) is 29.4 Å². The summed E-state index contributed by atoms with van der Waals surface area (Å²) in [6.07, 6.45) is 0. The van der Waals surface area contributed by atoms with Crippen molar-refractivity contribution in [1.29, 1.82) is 0 Å². The van der Waals surface area contributed by atoms with E-state index in [1.54, 1.807) is 4.52 Å². The lowest BCUT2D eigenvalue weighted by molar-refractivity contribution is 0.726. The van der Waals surface area contributed by atoms with Gasteiger partial charge in [0.1, 0.15) is 5.69 Å². The van der Waals surface area contributed by atoms with Gasteiger partial charge < -0.3 is 0 Å². The molecule has 6 nitrogen and oxygen atoms in total. The third-order valence-corrected chi connectivity index (χ3v) is 3.54. The van der Waals surface area contributed by atoms with Crippen molar-refractivity contribution in [3.05, 3.63) is 11.2 Å². The molecule has 3 heterocycles. The van der Waals surface area contributed by atoms with Crippen LogP contribution in [-0.2, 0) is 0 Å². The summed E-state index contributed by atoms with van der Waals surface area (Å²) in [7, 11) is 0. The summed E-state index contributed by atoms with van der Waals surface area (Å²) >= 11 is 2.79. The fourth-order valence-electron chi connectivity index (χ4n) is 1.35. The number of hydrogen-bond donors (Lipinski definition) is 0. The molecule has 0 aliphatic rings. The average Bonchev–Trinajstić information content (AvgIpc) is 2.92. The molecule has 0 aromatic carbocycles. The molecule has 0 bridgehead atoms. The van der Waals surface area contributed by atoms with Crippen LogP contribution in [0.15, 0.2) is 5.38 Å². The second-order valence-corrected chi connectivity index (χ2v) is 5.17. The van der Waals surface area contributed by atoms with Crippen LogP contribution >= 0.6 is 22.9 Å². The first-order valence-corrected chi connectivity index (χ1v) is 6.40. The van der Waals surface area contributed by atoms with E-state index in [1.807, 2.05) is 5.38 Å². The van der Waals surface area contributed by atoms with Gasteiger partial charge >= 0.3 is 0 Å². The van der Waals surface area contributed by atoms with E-state index < -0.39 is 0 Å². The predicted molar refractivity (Wildman–Crippen MR) is 61.7 cm³/mol. The number of aromatic nitrogens is 6. The lowest BCUT2D eigenvalue weighted by Gasteiger charge is -1.97. The summed E-state index contributed by atoms with van der Waals surface area (Å²) in [4.78, 5) is 0.798. The van der Waals surface area contributed by atoms with Gasteiger partial charge in [0, 0.05) is 11.3 Å². The van der Waals surface area contributed by atoms with E-state index in [-0.39, 0.29) is 0 Å². The largest absolute Gasteiger partial charge is 0.235 e. The predicted octanol–water partition coefficient (Wildman–Crippen LogP) is 1.83. The Bertz CT molecular complexity index is 608. The smallest absolute Gasteiger partial charge is 0.187 e. The van der Waals surface area contributed by atoms with Crippen LogP contribution in [0, 0.1) is 0 Å². The third kappa shape index (κ3) is 1.41. The summed E-state index contributed by atoms with van der Waals surface area (Å²) < 4.78 is 5.61. The molecule has 8 heteroatoms. The van der Waals surface area contributed by atoms with E-state index in [4.69, 9.17) is 0 Å². The Kier molecular flexibility index (Phi) is 2.18. The van der Waals surface area contributed by atoms with Crippen LogP contribution in [0.2, 0.25) is 0 Å². The molecular formula is C8H8N6S2. The first-order chi connectivity index (χ1) is 7.75. The minimum atomic E-state index is 0.304. The van der Waals surface area contributed by atoms with Crippen molar-refractivity contribution in [3.63, 3.8) is 0 Å². The zero-order valence-electron chi connectivity index (χ0n) is 8.65. The highest BCUT2D eigenvalue weighted by Gasteiger charge is 2.15. The van der Waals surface area contributed by atoms with Crippen molar-refractivity contribution < 1.29 is 0 Å². The van der Waals surface area contributed by atoms with Crippen molar-refractivity contribution >= 4 is 27.8 Å². The van der Waals surface area contributed by atoms with Crippen molar-refractivity contribution in [2.75, 3.05) is 0 Å². The molecule has 0 amide bonds. The lowest BCUT2D eigenvalue weighted by Crippen LogP contribution is -1.97. The molecule has 16 heavy (non-hydrogen) atoms. The van der Waals surface area contributed by atoms with E-state index in [1.165, 1.54) is 22.9 Å². The summed E-state index contributed by atoms with van der Waals surface area (Å²) in [5, 5.41) is 19.4. The van der Waals surface area contributed by atoms with Gasteiger partial charge in [0.25, 0.3) is 0 Å². The normalized spacial score (nSPS) is 11.7. The maximum absolute atomic E-state index is 4.45. The van der Waals surface area contributed by atoms with Gasteiger partial charge in [-0.2, -0.15) is 9.61 Å². The fraction of sp³-hybridized carbons (Fsp3) is 0.375. The lowest BCUT2D eigenvalue weighted by atomic mass is 10.2. The van der Waals surface area contributed by atoms with Gasteiger partial charge in [-0.1, -0.05) is 29.7 Å². The van der Waals surface area contributed by atoms with E-state index in [0.29, 0.717) is 5.92 Å². The first kappa shape index (κ1) is 9.79. The van der Waals surface area contributed by atoms with Crippen LogP contribution in [0.3, 0.4) is 0 Å².